The highest BCUT2D eigenvalue weighted by Crippen LogP contribution is 2.29. The van der Waals surface area contributed by atoms with Crippen molar-refractivity contribution in [2.75, 3.05) is 11.9 Å². The number of rotatable bonds is 10. The molecule has 0 saturated carbocycles. The summed E-state index contributed by atoms with van der Waals surface area (Å²) in [6.07, 6.45) is 5.61. The van der Waals surface area contributed by atoms with Gasteiger partial charge >= 0.3 is 0 Å². The van der Waals surface area contributed by atoms with E-state index >= 15 is 0 Å². The molecule has 7 nitrogen and oxygen atoms in total. The van der Waals surface area contributed by atoms with E-state index in [9.17, 15) is 9.59 Å². The Balaban J connectivity index is 1.23. The summed E-state index contributed by atoms with van der Waals surface area (Å²) in [5, 5.41) is 3.45. The Morgan fingerprint density at radius 1 is 0.810 bits per heavy atom. The third kappa shape index (κ3) is 5.67. The molecule has 0 aliphatic carbocycles. The van der Waals surface area contributed by atoms with Crippen molar-refractivity contribution in [3.63, 3.8) is 0 Å². The second-order valence-corrected chi connectivity index (χ2v) is 10.9. The van der Waals surface area contributed by atoms with Gasteiger partial charge in [0.05, 0.1) is 22.9 Å². The number of ketones is 2. The molecule has 6 rings (SSSR count). The van der Waals surface area contributed by atoms with Crippen molar-refractivity contribution in [3.05, 3.63) is 126 Å². The highest BCUT2D eigenvalue weighted by atomic mass is 16.1. The minimum absolute atomic E-state index is 0.000875. The summed E-state index contributed by atoms with van der Waals surface area (Å²) in [4.78, 5) is 39.4. The first-order valence-electron chi connectivity index (χ1n) is 14.1. The smallest absolute Gasteiger partial charge is 0.181 e. The SMILES string of the molecule is CC(C)CNc1nc2ccccc2n2c(-c3ccc(C(=O)Cc4cccc(CC(=O)c5cccnc5)c4)cc3)cnc12. The molecular weight excluding hydrogens is 522 g/mol. The predicted molar refractivity (Wildman–Crippen MR) is 166 cm³/mol. The average molecular weight is 554 g/mol. The quantitative estimate of drug-likeness (QED) is 0.186. The topological polar surface area (TPSA) is 89.3 Å². The summed E-state index contributed by atoms with van der Waals surface area (Å²) >= 11 is 0. The lowest BCUT2D eigenvalue weighted by Gasteiger charge is -2.13. The molecule has 6 aromatic rings. The summed E-state index contributed by atoms with van der Waals surface area (Å²) in [7, 11) is 0. The van der Waals surface area contributed by atoms with E-state index in [1.807, 2.05) is 79.0 Å². The highest BCUT2D eigenvalue weighted by Gasteiger charge is 2.16. The number of Topliss-reactive ketones (excluding diaryl/α,β-unsaturated/α-hetero) is 2. The van der Waals surface area contributed by atoms with Crippen LogP contribution in [0.1, 0.15) is 45.7 Å². The molecule has 0 saturated heterocycles. The molecule has 0 aliphatic heterocycles. The number of para-hydroxylation sites is 2. The number of benzene rings is 3. The minimum Gasteiger partial charge on any atom is -0.367 e. The van der Waals surface area contributed by atoms with E-state index in [2.05, 4.69) is 28.5 Å². The van der Waals surface area contributed by atoms with Crippen molar-refractivity contribution in [1.82, 2.24) is 19.4 Å². The zero-order valence-corrected chi connectivity index (χ0v) is 23.6. The third-order valence-electron chi connectivity index (χ3n) is 7.21. The van der Waals surface area contributed by atoms with Crippen LogP contribution < -0.4 is 5.32 Å². The molecule has 0 bridgehead atoms. The molecule has 208 valence electrons. The summed E-state index contributed by atoms with van der Waals surface area (Å²) in [5.41, 5.74) is 7.48. The van der Waals surface area contributed by atoms with Gasteiger partial charge in [0.15, 0.2) is 23.0 Å². The van der Waals surface area contributed by atoms with Crippen LogP contribution in [0.5, 0.6) is 0 Å². The normalized spacial score (nSPS) is 11.3. The third-order valence-corrected chi connectivity index (χ3v) is 7.21. The maximum absolute atomic E-state index is 13.2. The van der Waals surface area contributed by atoms with Gasteiger partial charge in [0.1, 0.15) is 0 Å². The van der Waals surface area contributed by atoms with E-state index in [0.717, 1.165) is 51.4 Å². The maximum Gasteiger partial charge on any atom is 0.181 e. The summed E-state index contributed by atoms with van der Waals surface area (Å²) < 4.78 is 2.13. The Morgan fingerprint density at radius 3 is 2.26 bits per heavy atom. The van der Waals surface area contributed by atoms with Crippen LogP contribution in [-0.2, 0) is 12.8 Å². The fraction of sp³-hybridized carbons (Fsp3) is 0.171. The Kier molecular flexibility index (Phi) is 7.56. The molecule has 0 radical (unpaired) electrons. The second kappa shape index (κ2) is 11.7. The van der Waals surface area contributed by atoms with Gasteiger partial charge in [0.25, 0.3) is 0 Å². The number of pyridine rings is 1. The Morgan fingerprint density at radius 2 is 1.55 bits per heavy atom. The van der Waals surface area contributed by atoms with Crippen molar-refractivity contribution in [3.8, 4) is 11.3 Å². The van der Waals surface area contributed by atoms with Crippen LogP contribution in [0.25, 0.3) is 27.9 Å². The van der Waals surface area contributed by atoms with Gasteiger partial charge in [-0.15, -0.1) is 0 Å². The molecular formula is C35H31N5O2. The molecule has 7 heteroatoms. The number of nitrogens with zero attached hydrogens (tertiary/aromatic N) is 4. The summed E-state index contributed by atoms with van der Waals surface area (Å²) in [5.74, 6) is 1.24. The van der Waals surface area contributed by atoms with Crippen molar-refractivity contribution in [1.29, 1.82) is 0 Å². The number of imidazole rings is 1. The van der Waals surface area contributed by atoms with E-state index < -0.39 is 0 Å². The van der Waals surface area contributed by atoms with E-state index in [4.69, 9.17) is 9.97 Å². The van der Waals surface area contributed by atoms with Gasteiger partial charge in [-0.05, 0) is 41.3 Å². The number of nitrogens with one attached hydrogen (secondary N) is 1. The van der Waals surface area contributed by atoms with Gasteiger partial charge in [-0.25, -0.2) is 9.97 Å². The van der Waals surface area contributed by atoms with Crippen LogP contribution in [0.4, 0.5) is 5.82 Å². The van der Waals surface area contributed by atoms with Crippen LogP contribution in [0.15, 0.2) is 104 Å². The highest BCUT2D eigenvalue weighted by molar-refractivity contribution is 5.99. The first-order valence-corrected chi connectivity index (χ1v) is 14.1. The van der Waals surface area contributed by atoms with Crippen molar-refractivity contribution >= 4 is 34.1 Å². The van der Waals surface area contributed by atoms with Crippen LogP contribution >= 0.6 is 0 Å². The molecule has 3 heterocycles. The fourth-order valence-corrected chi connectivity index (χ4v) is 5.08. The van der Waals surface area contributed by atoms with Gasteiger partial charge in [0, 0.05) is 48.5 Å². The van der Waals surface area contributed by atoms with Crippen LogP contribution in [0.3, 0.4) is 0 Å². The largest absolute Gasteiger partial charge is 0.367 e. The molecule has 42 heavy (non-hydrogen) atoms. The fourth-order valence-electron chi connectivity index (χ4n) is 5.08. The molecule has 0 unspecified atom stereocenters. The second-order valence-electron chi connectivity index (χ2n) is 10.9. The monoisotopic (exact) mass is 553 g/mol. The first-order chi connectivity index (χ1) is 20.5. The Hall–Kier alpha value is -5.17. The molecule has 0 fully saturated rings. The molecule has 1 N–H and O–H groups in total. The standard InChI is InChI=1S/C35H31N5O2/c1-23(2)20-37-34-35-38-22-31(40(35)30-11-4-3-10-29(30)39-34)26-12-14-27(15-13-26)32(41)18-24-7-5-8-25(17-24)19-33(42)28-9-6-16-36-21-28/h3-17,21-23H,18-20H2,1-2H3,(H,37,39). The van der Waals surface area contributed by atoms with Gasteiger partial charge in [0.2, 0.25) is 0 Å². The summed E-state index contributed by atoms with van der Waals surface area (Å²) in [6.45, 7) is 5.11. The number of carbonyl (C=O) groups excluding carboxylic acids is 2. The molecule has 3 aromatic heterocycles. The molecule has 3 aromatic carbocycles. The van der Waals surface area contributed by atoms with Crippen LogP contribution in [0, 0.1) is 5.92 Å². The lowest BCUT2D eigenvalue weighted by molar-refractivity contribution is 0.0986. The first kappa shape index (κ1) is 27.0. The number of fused-ring (bicyclic) bond motifs is 3. The van der Waals surface area contributed by atoms with Gasteiger partial charge in [-0.2, -0.15) is 0 Å². The van der Waals surface area contributed by atoms with E-state index in [0.29, 0.717) is 17.0 Å². The number of aromatic nitrogens is 4. The van der Waals surface area contributed by atoms with Crippen LogP contribution in [0.2, 0.25) is 0 Å². The molecule has 0 aliphatic rings. The zero-order valence-electron chi connectivity index (χ0n) is 23.6. The maximum atomic E-state index is 13.2. The molecule has 0 spiro atoms. The zero-order chi connectivity index (χ0) is 29.1. The van der Waals surface area contributed by atoms with Crippen molar-refractivity contribution < 1.29 is 9.59 Å². The van der Waals surface area contributed by atoms with Gasteiger partial charge < -0.3 is 5.32 Å². The lowest BCUT2D eigenvalue weighted by atomic mass is 9.98. The van der Waals surface area contributed by atoms with E-state index in [1.165, 1.54) is 0 Å². The van der Waals surface area contributed by atoms with Gasteiger partial charge in [-0.1, -0.05) is 74.5 Å². The lowest BCUT2D eigenvalue weighted by Crippen LogP contribution is -2.11. The average Bonchev–Trinajstić information content (AvgIpc) is 3.46. The predicted octanol–water partition coefficient (Wildman–Crippen LogP) is 6.86. The molecule has 0 atom stereocenters. The van der Waals surface area contributed by atoms with Crippen molar-refractivity contribution in [2.24, 2.45) is 5.92 Å². The Labute approximate surface area is 244 Å². The minimum atomic E-state index is 0.000875. The number of hydrogen-bond acceptors (Lipinski definition) is 6. The van der Waals surface area contributed by atoms with Crippen LogP contribution in [-0.4, -0.2) is 37.5 Å². The van der Waals surface area contributed by atoms with E-state index in [-0.39, 0.29) is 24.4 Å². The number of carbonyl (C=O) groups is 2. The summed E-state index contributed by atoms with van der Waals surface area (Å²) in [6, 6.07) is 26.9. The van der Waals surface area contributed by atoms with Gasteiger partial charge in [-0.3, -0.25) is 19.0 Å². The molecule has 0 amide bonds. The van der Waals surface area contributed by atoms with E-state index in [1.54, 1.807) is 24.5 Å². The number of anilines is 1. The Bertz CT molecular complexity index is 1890. The van der Waals surface area contributed by atoms with Crippen molar-refractivity contribution in [2.45, 2.75) is 26.7 Å². The number of hydrogen-bond donors (Lipinski definition) is 1.